The number of halogens is 1. The number of quaternary nitrogens is 1. The lowest BCUT2D eigenvalue weighted by Crippen LogP contribution is -3.13. The molecular weight excluding hydrogens is 317 g/mol. The van der Waals surface area contributed by atoms with Gasteiger partial charge in [-0.15, -0.1) is 0 Å². The van der Waals surface area contributed by atoms with Crippen LogP contribution in [0.25, 0.3) is 0 Å². The molecule has 1 saturated heterocycles. The fourth-order valence-corrected chi connectivity index (χ4v) is 4.24. The first-order valence-corrected chi connectivity index (χ1v) is 9.04. The number of H-pyrrole nitrogens is 1. The number of aromatic amines is 1. The Bertz CT molecular complexity index is 743. The minimum atomic E-state index is -3.53. The van der Waals surface area contributed by atoms with Crippen LogP contribution in [0.4, 0.5) is 4.39 Å². The van der Waals surface area contributed by atoms with Crippen LogP contribution in [0.1, 0.15) is 5.56 Å². The Kier molecular flexibility index (Phi) is 4.70. The molecule has 0 aliphatic carbocycles. The van der Waals surface area contributed by atoms with Gasteiger partial charge in [0, 0.05) is 17.7 Å². The first kappa shape index (κ1) is 16.0. The highest BCUT2D eigenvalue weighted by atomic mass is 32.2. The molecule has 2 heterocycles. The van der Waals surface area contributed by atoms with Gasteiger partial charge in [0.25, 0.3) is 0 Å². The van der Waals surface area contributed by atoms with E-state index in [-0.39, 0.29) is 4.90 Å². The normalized spacial score (nSPS) is 17.3. The molecule has 1 aromatic carbocycles. The minimum Gasteiger partial charge on any atom is -0.329 e. The highest BCUT2D eigenvalue weighted by Crippen LogP contribution is 2.16. The van der Waals surface area contributed by atoms with Crippen LogP contribution in [0.3, 0.4) is 0 Å². The summed E-state index contributed by atoms with van der Waals surface area (Å²) in [6.45, 7) is 3.37. The molecule has 0 amide bonds. The van der Waals surface area contributed by atoms with Crippen molar-refractivity contribution in [2.75, 3.05) is 26.2 Å². The zero-order valence-electron chi connectivity index (χ0n) is 12.7. The first-order chi connectivity index (χ1) is 11.1. The monoisotopic (exact) mass is 337 g/mol. The van der Waals surface area contributed by atoms with Crippen molar-refractivity contribution in [2.45, 2.75) is 11.4 Å². The summed E-state index contributed by atoms with van der Waals surface area (Å²) < 4.78 is 39.6. The third kappa shape index (κ3) is 3.74. The maximum atomic E-state index is 13.0. The Morgan fingerprint density at radius 3 is 2.26 bits per heavy atom. The van der Waals surface area contributed by atoms with Crippen molar-refractivity contribution >= 4 is 10.0 Å². The number of aromatic nitrogens is 1. The average Bonchev–Trinajstić information content (AvgIpc) is 2.57. The Morgan fingerprint density at radius 1 is 1.04 bits per heavy atom. The molecule has 1 fully saturated rings. The number of nitrogens with zero attached hydrogens (tertiary/aromatic N) is 1. The van der Waals surface area contributed by atoms with E-state index in [1.807, 2.05) is 24.5 Å². The Balaban J connectivity index is 1.63. The number of piperazine rings is 1. The van der Waals surface area contributed by atoms with Crippen molar-refractivity contribution in [1.82, 2.24) is 4.31 Å². The van der Waals surface area contributed by atoms with Gasteiger partial charge >= 0.3 is 0 Å². The number of hydrogen-bond acceptors (Lipinski definition) is 2. The smallest absolute Gasteiger partial charge is 0.243 e. The van der Waals surface area contributed by atoms with Gasteiger partial charge < -0.3 is 4.90 Å². The SMILES string of the molecule is O=S(=O)(c1ccc(F)cc1)N1CC[NH+](Cc2cc[nH+]cc2)CC1. The molecule has 0 radical (unpaired) electrons. The van der Waals surface area contributed by atoms with E-state index in [1.165, 1.54) is 39.0 Å². The largest absolute Gasteiger partial charge is 0.329 e. The van der Waals surface area contributed by atoms with Gasteiger partial charge in [-0.2, -0.15) is 4.31 Å². The van der Waals surface area contributed by atoms with E-state index in [4.69, 9.17) is 0 Å². The van der Waals surface area contributed by atoms with Crippen molar-refractivity contribution in [2.24, 2.45) is 0 Å². The van der Waals surface area contributed by atoms with Crippen LogP contribution >= 0.6 is 0 Å². The van der Waals surface area contributed by atoms with Gasteiger partial charge in [0.15, 0.2) is 12.4 Å². The molecule has 23 heavy (non-hydrogen) atoms. The van der Waals surface area contributed by atoms with Crippen molar-refractivity contribution in [3.05, 3.63) is 60.2 Å². The first-order valence-electron chi connectivity index (χ1n) is 7.60. The molecule has 0 atom stereocenters. The lowest BCUT2D eigenvalue weighted by Gasteiger charge is -2.31. The molecule has 122 valence electrons. The molecule has 1 aliphatic heterocycles. The van der Waals surface area contributed by atoms with Gasteiger partial charge in [-0.3, -0.25) is 0 Å². The van der Waals surface area contributed by atoms with E-state index < -0.39 is 15.8 Å². The summed E-state index contributed by atoms with van der Waals surface area (Å²) in [7, 11) is -3.53. The van der Waals surface area contributed by atoms with Crippen LogP contribution in [0, 0.1) is 5.82 Å². The Hall–Kier alpha value is -1.83. The fourth-order valence-electron chi connectivity index (χ4n) is 2.80. The number of benzene rings is 1. The van der Waals surface area contributed by atoms with Crippen molar-refractivity contribution in [3.63, 3.8) is 0 Å². The van der Waals surface area contributed by atoms with E-state index in [9.17, 15) is 12.8 Å². The number of hydrogen-bond donors (Lipinski definition) is 1. The molecule has 0 saturated carbocycles. The van der Waals surface area contributed by atoms with Crippen LogP contribution in [0.5, 0.6) is 0 Å². The van der Waals surface area contributed by atoms with E-state index in [1.54, 1.807) is 0 Å². The number of nitrogens with one attached hydrogen (secondary N) is 2. The van der Waals surface area contributed by atoms with Crippen molar-refractivity contribution in [1.29, 1.82) is 0 Å². The van der Waals surface area contributed by atoms with Crippen LogP contribution in [-0.4, -0.2) is 38.9 Å². The van der Waals surface area contributed by atoms with Crippen LogP contribution in [-0.2, 0) is 16.6 Å². The zero-order chi connectivity index (χ0) is 16.3. The van der Waals surface area contributed by atoms with E-state index in [0.29, 0.717) is 13.1 Å². The van der Waals surface area contributed by atoms with Gasteiger partial charge in [0.05, 0.1) is 31.1 Å². The summed E-state index contributed by atoms with van der Waals surface area (Å²) in [5.74, 6) is -0.432. The summed E-state index contributed by atoms with van der Waals surface area (Å²) in [4.78, 5) is 4.51. The molecule has 1 aliphatic rings. The maximum absolute atomic E-state index is 13.0. The topological polar surface area (TPSA) is 56.0 Å². The third-order valence-electron chi connectivity index (χ3n) is 4.12. The Morgan fingerprint density at radius 2 is 1.65 bits per heavy atom. The summed E-state index contributed by atoms with van der Waals surface area (Å²) in [5, 5.41) is 0. The van der Waals surface area contributed by atoms with Crippen molar-refractivity contribution in [3.8, 4) is 0 Å². The quantitative estimate of drug-likeness (QED) is 0.835. The molecule has 2 aromatic rings. The molecule has 1 aromatic heterocycles. The van der Waals surface area contributed by atoms with Gasteiger partial charge in [0.2, 0.25) is 10.0 Å². The van der Waals surface area contributed by atoms with Gasteiger partial charge in [-0.1, -0.05) is 0 Å². The fraction of sp³-hybridized carbons (Fsp3) is 0.312. The summed E-state index contributed by atoms with van der Waals surface area (Å²) in [5.41, 5.74) is 1.23. The third-order valence-corrected chi connectivity index (χ3v) is 6.04. The predicted molar refractivity (Wildman–Crippen MR) is 82.6 cm³/mol. The van der Waals surface area contributed by atoms with Gasteiger partial charge in [0.1, 0.15) is 12.4 Å². The molecule has 0 spiro atoms. The second-order valence-corrected chi connectivity index (χ2v) is 7.63. The number of pyridine rings is 1. The maximum Gasteiger partial charge on any atom is 0.243 e. The minimum absolute atomic E-state index is 0.154. The summed E-state index contributed by atoms with van der Waals surface area (Å²) in [6.07, 6.45) is 3.79. The van der Waals surface area contributed by atoms with E-state index >= 15 is 0 Å². The molecule has 0 unspecified atom stereocenters. The average molecular weight is 337 g/mol. The predicted octanol–water partition coefficient (Wildman–Crippen LogP) is -0.271. The van der Waals surface area contributed by atoms with Crippen LogP contribution in [0.15, 0.2) is 53.7 Å². The molecule has 7 heteroatoms. The molecule has 0 bridgehead atoms. The molecular formula is C16H20FN3O2S+2. The van der Waals surface area contributed by atoms with Gasteiger partial charge in [-0.05, 0) is 24.3 Å². The molecule has 3 rings (SSSR count). The summed E-state index contributed by atoms with van der Waals surface area (Å²) in [6, 6.07) is 9.08. The Labute approximate surface area is 135 Å². The van der Waals surface area contributed by atoms with Crippen LogP contribution in [0.2, 0.25) is 0 Å². The second kappa shape index (κ2) is 6.74. The number of sulfonamides is 1. The van der Waals surface area contributed by atoms with E-state index in [0.717, 1.165) is 19.6 Å². The van der Waals surface area contributed by atoms with E-state index in [2.05, 4.69) is 4.98 Å². The lowest BCUT2D eigenvalue weighted by atomic mass is 10.2. The van der Waals surface area contributed by atoms with Gasteiger partial charge in [-0.25, -0.2) is 17.8 Å². The van der Waals surface area contributed by atoms with Crippen molar-refractivity contribution < 1.29 is 22.7 Å². The highest BCUT2D eigenvalue weighted by molar-refractivity contribution is 7.89. The van der Waals surface area contributed by atoms with Crippen LogP contribution < -0.4 is 9.88 Å². The summed E-state index contributed by atoms with van der Waals surface area (Å²) >= 11 is 0. The highest BCUT2D eigenvalue weighted by Gasteiger charge is 2.30. The zero-order valence-corrected chi connectivity index (χ0v) is 13.5. The standard InChI is InChI=1S/C16H18FN3O2S/c17-15-1-3-16(4-2-15)23(21,22)20-11-9-19(10-12-20)13-14-5-7-18-8-6-14/h1-8H,9-13H2/p+2. The molecule has 2 N–H and O–H groups in total. The lowest BCUT2D eigenvalue weighted by molar-refractivity contribution is -0.917. The second-order valence-electron chi connectivity index (χ2n) is 5.69. The number of rotatable bonds is 4. The molecule has 5 nitrogen and oxygen atoms in total.